The maximum absolute atomic E-state index is 12.1. The number of carbonyl (C=O) groups is 1. The summed E-state index contributed by atoms with van der Waals surface area (Å²) in [6, 6.07) is 0.238. The van der Waals surface area contributed by atoms with Crippen LogP contribution in [0.2, 0.25) is 0 Å². The largest absolute Gasteiger partial charge is 0.337 e. The smallest absolute Gasteiger partial charge is 0.227 e. The molecular formula is C11H23N3O. The molecule has 0 saturated carbocycles. The Labute approximate surface area is 92.4 Å². The van der Waals surface area contributed by atoms with E-state index in [1.165, 1.54) is 0 Å². The van der Waals surface area contributed by atoms with Crippen molar-refractivity contribution >= 4 is 5.91 Å². The minimum Gasteiger partial charge on any atom is -0.337 e. The van der Waals surface area contributed by atoms with Gasteiger partial charge in [0.25, 0.3) is 0 Å². The number of rotatable bonds is 2. The first kappa shape index (κ1) is 12.5. The number of piperazine rings is 1. The predicted octanol–water partition coefficient (Wildman–Crippen LogP) is 0.132. The molecule has 4 heteroatoms. The van der Waals surface area contributed by atoms with Crippen molar-refractivity contribution in [1.82, 2.24) is 9.80 Å². The molecule has 1 rings (SSSR count). The van der Waals surface area contributed by atoms with Gasteiger partial charge in [-0.2, -0.15) is 0 Å². The van der Waals surface area contributed by atoms with Crippen LogP contribution >= 0.6 is 0 Å². The second kappa shape index (κ2) is 4.94. The van der Waals surface area contributed by atoms with Gasteiger partial charge in [0.05, 0.1) is 5.92 Å². The lowest BCUT2D eigenvalue weighted by Gasteiger charge is -2.39. The number of nitrogens with zero attached hydrogens (tertiary/aromatic N) is 2. The predicted molar refractivity (Wildman–Crippen MR) is 61.5 cm³/mol. The molecule has 0 aromatic rings. The lowest BCUT2D eigenvalue weighted by Crippen LogP contribution is -2.55. The van der Waals surface area contributed by atoms with Crippen molar-refractivity contribution in [1.29, 1.82) is 0 Å². The van der Waals surface area contributed by atoms with Crippen LogP contribution in [0.1, 0.15) is 20.8 Å². The summed E-state index contributed by atoms with van der Waals surface area (Å²) in [6.45, 7) is 8.65. The first-order valence-electron chi connectivity index (χ1n) is 5.68. The Hall–Kier alpha value is -0.610. The summed E-state index contributed by atoms with van der Waals surface area (Å²) in [5.41, 5.74) is 5.76. The van der Waals surface area contributed by atoms with Gasteiger partial charge >= 0.3 is 0 Å². The van der Waals surface area contributed by atoms with E-state index < -0.39 is 0 Å². The molecule has 2 N–H and O–H groups in total. The average Bonchev–Trinajstić information content (AvgIpc) is 2.15. The highest BCUT2D eigenvalue weighted by Gasteiger charge is 2.29. The quantitative estimate of drug-likeness (QED) is 0.709. The van der Waals surface area contributed by atoms with E-state index in [1.807, 2.05) is 18.7 Å². The minimum absolute atomic E-state index is 0.0654. The van der Waals surface area contributed by atoms with Gasteiger partial charge in [0.2, 0.25) is 5.91 Å². The highest BCUT2D eigenvalue weighted by atomic mass is 16.2. The summed E-state index contributed by atoms with van der Waals surface area (Å²) in [7, 11) is 2.09. The second-order valence-electron chi connectivity index (χ2n) is 4.79. The first-order valence-corrected chi connectivity index (χ1v) is 5.68. The molecule has 1 fully saturated rings. The third kappa shape index (κ3) is 2.92. The summed E-state index contributed by atoms with van der Waals surface area (Å²) < 4.78 is 0. The third-order valence-corrected chi connectivity index (χ3v) is 3.29. The zero-order chi connectivity index (χ0) is 11.6. The Bertz CT molecular complexity index is 230. The molecule has 0 aliphatic carbocycles. The van der Waals surface area contributed by atoms with E-state index in [1.54, 1.807) is 0 Å². The summed E-state index contributed by atoms with van der Waals surface area (Å²) in [5.74, 6) is 0.126. The van der Waals surface area contributed by atoms with Crippen LogP contribution in [0.5, 0.6) is 0 Å². The fraction of sp³-hybridized carbons (Fsp3) is 0.909. The van der Waals surface area contributed by atoms with Crippen molar-refractivity contribution in [3.63, 3.8) is 0 Å². The van der Waals surface area contributed by atoms with E-state index in [0.717, 1.165) is 19.6 Å². The molecule has 3 atom stereocenters. The number of hydrogen-bond donors (Lipinski definition) is 1. The number of nitrogens with two attached hydrogens (primary N) is 1. The summed E-state index contributed by atoms with van der Waals surface area (Å²) in [5, 5.41) is 0. The van der Waals surface area contributed by atoms with Gasteiger partial charge in [-0.05, 0) is 20.9 Å². The molecular weight excluding hydrogens is 190 g/mol. The fourth-order valence-corrected chi connectivity index (χ4v) is 1.95. The molecule has 0 radical (unpaired) electrons. The fourth-order valence-electron chi connectivity index (χ4n) is 1.95. The number of likely N-dealkylation sites (N-methyl/N-ethyl adjacent to an activating group) is 1. The van der Waals surface area contributed by atoms with E-state index in [9.17, 15) is 4.79 Å². The van der Waals surface area contributed by atoms with Gasteiger partial charge < -0.3 is 15.5 Å². The summed E-state index contributed by atoms with van der Waals surface area (Å²) in [4.78, 5) is 16.3. The van der Waals surface area contributed by atoms with Gasteiger partial charge in [-0.15, -0.1) is 0 Å². The normalized spacial score (nSPS) is 27.5. The van der Waals surface area contributed by atoms with Crippen LogP contribution in [-0.2, 0) is 4.79 Å². The molecule has 1 aliphatic rings. The Morgan fingerprint density at radius 2 is 2.00 bits per heavy atom. The highest BCUT2D eigenvalue weighted by Crippen LogP contribution is 2.13. The van der Waals surface area contributed by atoms with Crippen LogP contribution in [0.25, 0.3) is 0 Å². The minimum atomic E-state index is -0.0733. The molecule has 1 amide bonds. The van der Waals surface area contributed by atoms with Gasteiger partial charge in [-0.3, -0.25) is 4.79 Å². The number of hydrogen-bond acceptors (Lipinski definition) is 3. The average molecular weight is 213 g/mol. The Morgan fingerprint density at radius 3 is 2.47 bits per heavy atom. The molecule has 0 bridgehead atoms. The first-order chi connectivity index (χ1) is 6.93. The Balaban J connectivity index is 2.60. The molecule has 0 spiro atoms. The van der Waals surface area contributed by atoms with Gasteiger partial charge in [0.15, 0.2) is 0 Å². The zero-order valence-corrected chi connectivity index (χ0v) is 10.2. The molecule has 1 aliphatic heterocycles. The topological polar surface area (TPSA) is 49.6 Å². The van der Waals surface area contributed by atoms with E-state index in [-0.39, 0.29) is 17.9 Å². The molecule has 1 heterocycles. The van der Waals surface area contributed by atoms with Crippen LogP contribution in [0, 0.1) is 5.92 Å². The van der Waals surface area contributed by atoms with Crippen LogP contribution in [0.3, 0.4) is 0 Å². The van der Waals surface area contributed by atoms with Crippen molar-refractivity contribution in [2.45, 2.75) is 32.9 Å². The van der Waals surface area contributed by atoms with E-state index >= 15 is 0 Å². The number of amides is 1. The van der Waals surface area contributed by atoms with Crippen LogP contribution in [0.4, 0.5) is 0 Å². The summed E-state index contributed by atoms with van der Waals surface area (Å²) in [6.07, 6.45) is 0. The molecule has 1 saturated heterocycles. The zero-order valence-electron chi connectivity index (χ0n) is 10.2. The molecule has 3 unspecified atom stereocenters. The van der Waals surface area contributed by atoms with Crippen molar-refractivity contribution in [3.8, 4) is 0 Å². The van der Waals surface area contributed by atoms with Crippen molar-refractivity contribution < 1.29 is 4.79 Å². The standard InChI is InChI=1S/C11H23N3O/c1-8-7-13(4)5-6-14(8)11(15)9(2)10(3)12/h8-10H,5-7,12H2,1-4H3. The Morgan fingerprint density at radius 1 is 1.40 bits per heavy atom. The maximum Gasteiger partial charge on any atom is 0.227 e. The van der Waals surface area contributed by atoms with Crippen molar-refractivity contribution in [2.75, 3.05) is 26.7 Å². The lowest BCUT2D eigenvalue weighted by atomic mass is 10.0. The molecule has 4 nitrogen and oxygen atoms in total. The van der Waals surface area contributed by atoms with Crippen LogP contribution in [0.15, 0.2) is 0 Å². The second-order valence-corrected chi connectivity index (χ2v) is 4.79. The lowest BCUT2D eigenvalue weighted by molar-refractivity contribution is -0.139. The van der Waals surface area contributed by atoms with Crippen molar-refractivity contribution in [3.05, 3.63) is 0 Å². The van der Waals surface area contributed by atoms with Crippen LogP contribution in [-0.4, -0.2) is 54.5 Å². The van der Waals surface area contributed by atoms with Gasteiger partial charge in [0.1, 0.15) is 0 Å². The Kier molecular flexibility index (Phi) is 4.11. The SMILES string of the molecule is CC(N)C(C)C(=O)N1CCN(C)CC1C. The maximum atomic E-state index is 12.1. The van der Waals surface area contributed by atoms with E-state index in [4.69, 9.17) is 5.73 Å². The van der Waals surface area contributed by atoms with E-state index in [0.29, 0.717) is 6.04 Å². The summed E-state index contributed by atoms with van der Waals surface area (Å²) >= 11 is 0. The molecule has 0 aromatic carbocycles. The van der Waals surface area contributed by atoms with Crippen molar-refractivity contribution in [2.24, 2.45) is 11.7 Å². The molecule has 88 valence electrons. The van der Waals surface area contributed by atoms with E-state index in [2.05, 4.69) is 18.9 Å². The third-order valence-electron chi connectivity index (χ3n) is 3.29. The van der Waals surface area contributed by atoms with Gasteiger partial charge in [0, 0.05) is 31.7 Å². The number of carbonyl (C=O) groups excluding carboxylic acids is 1. The molecule has 15 heavy (non-hydrogen) atoms. The highest BCUT2D eigenvalue weighted by molar-refractivity contribution is 5.79. The van der Waals surface area contributed by atoms with Crippen LogP contribution < -0.4 is 5.73 Å². The van der Waals surface area contributed by atoms with Gasteiger partial charge in [-0.1, -0.05) is 6.92 Å². The molecule has 0 aromatic heterocycles. The van der Waals surface area contributed by atoms with Gasteiger partial charge in [-0.25, -0.2) is 0 Å². The monoisotopic (exact) mass is 213 g/mol.